The summed E-state index contributed by atoms with van der Waals surface area (Å²) in [6.07, 6.45) is 1.63. The molecule has 1 amide bonds. The van der Waals surface area contributed by atoms with Crippen LogP contribution in [-0.4, -0.2) is 24.1 Å². The predicted octanol–water partition coefficient (Wildman–Crippen LogP) is 4.80. The fourth-order valence-electron chi connectivity index (χ4n) is 4.00. The van der Waals surface area contributed by atoms with E-state index in [0.717, 1.165) is 5.56 Å². The highest BCUT2D eigenvalue weighted by atomic mass is 32.1. The van der Waals surface area contributed by atoms with E-state index in [0.29, 0.717) is 46.4 Å². The van der Waals surface area contributed by atoms with Crippen LogP contribution in [0.3, 0.4) is 0 Å². The number of hydrogen-bond donors (Lipinski definition) is 0. The maximum Gasteiger partial charge on any atom is 0.297 e. The molecule has 4 aromatic rings. The van der Waals surface area contributed by atoms with E-state index in [1.54, 1.807) is 29.8 Å². The summed E-state index contributed by atoms with van der Waals surface area (Å²) in [6.45, 7) is 4.77. The molecule has 0 radical (unpaired) electrons. The molecule has 1 aliphatic rings. The Balaban J connectivity index is 1.75. The van der Waals surface area contributed by atoms with Crippen LogP contribution in [0.5, 0.6) is 11.5 Å². The Morgan fingerprint density at radius 3 is 2.56 bits per heavy atom. The van der Waals surface area contributed by atoms with Crippen molar-refractivity contribution < 1.29 is 18.7 Å². The maximum absolute atomic E-state index is 13.6. The van der Waals surface area contributed by atoms with E-state index < -0.39 is 11.9 Å². The Morgan fingerprint density at radius 1 is 1.06 bits per heavy atom. The molecule has 0 aliphatic carbocycles. The first-order valence-corrected chi connectivity index (χ1v) is 11.2. The Labute approximate surface area is 187 Å². The van der Waals surface area contributed by atoms with E-state index in [1.165, 1.54) is 16.2 Å². The predicted molar refractivity (Wildman–Crippen MR) is 122 cm³/mol. The number of carbonyl (C=O) groups excluding carboxylic acids is 1. The number of carbonyl (C=O) groups is 1. The summed E-state index contributed by atoms with van der Waals surface area (Å²) in [5.41, 5.74) is 1.12. The van der Waals surface area contributed by atoms with Crippen LogP contribution in [-0.2, 0) is 0 Å². The standard InChI is InChI=1S/C24H20N2O5S/c1-3-29-15-7-5-6-14(12-15)20-19-21(27)17-9-8-16(30-4-2)13-18(17)31-22(19)23(28)26(20)24-25-10-11-32-24/h5-13,20H,3-4H2,1-2H3. The number of ether oxygens (including phenoxy) is 2. The second-order valence-electron chi connectivity index (χ2n) is 7.16. The third-order valence-corrected chi connectivity index (χ3v) is 6.04. The van der Waals surface area contributed by atoms with Crippen molar-refractivity contribution >= 4 is 33.3 Å². The molecule has 0 bridgehead atoms. The minimum atomic E-state index is -0.670. The van der Waals surface area contributed by atoms with Crippen LogP contribution < -0.4 is 19.8 Å². The molecule has 3 heterocycles. The van der Waals surface area contributed by atoms with Crippen LogP contribution in [0.25, 0.3) is 11.0 Å². The van der Waals surface area contributed by atoms with Crippen LogP contribution >= 0.6 is 11.3 Å². The highest BCUT2D eigenvalue weighted by Gasteiger charge is 2.44. The first kappa shape index (κ1) is 20.3. The van der Waals surface area contributed by atoms with Gasteiger partial charge in [0.15, 0.2) is 10.6 Å². The molecule has 32 heavy (non-hydrogen) atoms. The number of amides is 1. The Hall–Kier alpha value is -3.65. The molecule has 1 atom stereocenters. The Bertz CT molecular complexity index is 1360. The van der Waals surface area contributed by atoms with Gasteiger partial charge in [-0.25, -0.2) is 4.98 Å². The number of nitrogens with zero attached hydrogens (tertiary/aromatic N) is 2. The van der Waals surface area contributed by atoms with Gasteiger partial charge >= 0.3 is 0 Å². The highest BCUT2D eigenvalue weighted by Crippen LogP contribution is 2.42. The summed E-state index contributed by atoms with van der Waals surface area (Å²) in [7, 11) is 0. The van der Waals surface area contributed by atoms with E-state index in [2.05, 4.69) is 4.98 Å². The molecule has 0 saturated heterocycles. The summed E-state index contributed by atoms with van der Waals surface area (Å²) in [4.78, 5) is 33.0. The monoisotopic (exact) mass is 448 g/mol. The molecule has 0 spiro atoms. The molecular formula is C24H20N2O5S. The highest BCUT2D eigenvalue weighted by molar-refractivity contribution is 7.13. The smallest absolute Gasteiger partial charge is 0.297 e. The van der Waals surface area contributed by atoms with E-state index in [9.17, 15) is 9.59 Å². The summed E-state index contributed by atoms with van der Waals surface area (Å²) in [6, 6.07) is 11.8. The normalized spacial score (nSPS) is 15.2. The first-order chi connectivity index (χ1) is 15.6. The summed E-state index contributed by atoms with van der Waals surface area (Å²) >= 11 is 1.33. The van der Waals surface area contributed by atoms with Gasteiger partial charge in [-0.1, -0.05) is 12.1 Å². The molecule has 1 unspecified atom stereocenters. The van der Waals surface area contributed by atoms with Gasteiger partial charge in [0, 0.05) is 17.6 Å². The molecule has 2 aromatic heterocycles. The largest absolute Gasteiger partial charge is 0.494 e. The molecule has 1 aliphatic heterocycles. The molecule has 0 N–H and O–H groups in total. The number of thiazole rings is 1. The first-order valence-electron chi connectivity index (χ1n) is 10.3. The second-order valence-corrected chi connectivity index (χ2v) is 8.04. The van der Waals surface area contributed by atoms with Gasteiger partial charge in [-0.3, -0.25) is 14.5 Å². The number of anilines is 1. The third kappa shape index (κ3) is 3.23. The van der Waals surface area contributed by atoms with Crippen LogP contribution in [0.4, 0.5) is 5.13 Å². The zero-order valence-corrected chi connectivity index (χ0v) is 18.3. The Kier molecular flexibility index (Phi) is 5.14. The van der Waals surface area contributed by atoms with Gasteiger partial charge < -0.3 is 13.9 Å². The topological polar surface area (TPSA) is 81.9 Å². The van der Waals surface area contributed by atoms with Crippen LogP contribution in [0.15, 0.2) is 63.3 Å². The molecule has 2 aromatic carbocycles. The van der Waals surface area contributed by atoms with Crippen molar-refractivity contribution in [3.8, 4) is 11.5 Å². The van der Waals surface area contributed by atoms with Crippen LogP contribution in [0.1, 0.15) is 41.6 Å². The number of hydrogen-bond acceptors (Lipinski definition) is 7. The van der Waals surface area contributed by atoms with Gasteiger partial charge in [0.25, 0.3) is 5.91 Å². The minimum absolute atomic E-state index is 0.0261. The average molecular weight is 449 g/mol. The molecule has 0 fully saturated rings. The van der Waals surface area contributed by atoms with Crippen molar-refractivity contribution in [2.45, 2.75) is 19.9 Å². The van der Waals surface area contributed by atoms with Crippen molar-refractivity contribution in [1.29, 1.82) is 0 Å². The van der Waals surface area contributed by atoms with Gasteiger partial charge in [0.2, 0.25) is 5.76 Å². The summed E-state index contributed by atoms with van der Waals surface area (Å²) in [5, 5.41) is 2.68. The van der Waals surface area contributed by atoms with Gasteiger partial charge in [-0.05, 0) is 43.7 Å². The van der Waals surface area contributed by atoms with Gasteiger partial charge in [-0.15, -0.1) is 11.3 Å². The molecule has 0 saturated carbocycles. The number of aromatic nitrogens is 1. The van der Waals surface area contributed by atoms with E-state index >= 15 is 0 Å². The molecular weight excluding hydrogens is 428 g/mol. The Morgan fingerprint density at radius 2 is 1.84 bits per heavy atom. The average Bonchev–Trinajstić information content (AvgIpc) is 3.41. The lowest BCUT2D eigenvalue weighted by Gasteiger charge is -2.23. The number of benzene rings is 2. The van der Waals surface area contributed by atoms with Crippen LogP contribution in [0.2, 0.25) is 0 Å². The van der Waals surface area contributed by atoms with Gasteiger partial charge in [-0.2, -0.15) is 0 Å². The lowest BCUT2D eigenvalue weighted by Crippen LogP contribution is -2.29. The lowest BCUT2D eigenvalue weighted by molar-refractivity contribution is 0.0970. The zero-order chi connectivity index (χ0) is 22.2. The molecule has 7 nitrogen and oxygen atoms in total. The SMILES string of the molecule is CCOc1cccc(C2c3c(oc4cc(OCC)ccc4c3=O)C(=O)N2c2nccs2)c1. The molecule has 8 heteroatoms. The van der Waals surface area contributed by atoms with E-state index in [-0.39, 0.29) is 11.2 Å². The van der Waals surface area contributed by atoms with E-state index in [4.69, 9.17) is 13.9 Å². The van der Waals surface area contributed by atoms with Gasteiger partial charge in [0.05, 0.1) is 30.2 Å². The molecule has 5 rings (SSSR count). The van der Waals surface area contributed by atoms with Gasteiger partial charge in [0.1, 0.15) is 17.1 Å². The second kappa shape index (κ2) is 8.12. The minimum Gasteiger partial charge on any atom is -0.494 e. The summed E-state index contributed by atoms with van der Waals surface area (Å²) < 4.78 is 17.2. The van der Waals surface area contributed by atoms with Crippen molar-refractivity contribution in [1.82, 2.24) is 4.98 Å². The van der Waals surface area contributed by atoms with Crippen LogP contribution in [0, 0.1) is 0 Å². The summed E-state index contributed by atoms with van der Waals surface area (Å²) in [5.74, 6) is 0.864. The van der Waals surface area contributed by atoms with Crippen molar-refractivity contribution in [3.63, 3.8) is 0 Å². The third-order valence-electron chi connectivity index (χ3n) is 5.26. The number of rotatable bonds is 6. The maximum atomic E-state index is 13.6. The van der Waals surface area contributed by atoms with Crippen molar-refractivity contribution in [2.24, 2.45) is 0 Å². The molecule has 162 valence electrons. The zero-order valence-electron chi connectivity index (χ0n) is 17.5. The fourth-order valence-corrected chi connectivity index (χ4v) is 4.66. The van der Waals surface area contributed by atoms with Crippen molar-refractivity contribution in [3.05, 3.63) is 81.2 Å². The van der Waals surface area contributed by atoms with E-state index in [1.807, 2.05) is 38.1 Å². The quantitative estimate of drug-likeness (QED) is 0.422. The fraction of sp³-hybridized carbons (Fsp3) is 0.208. The van der Waals surface area contributed by atoms with Crippen molar-refractivity contribution in [2.75, 3.05) is 18.1 Å². The lowest BCUT2D eigenvalue weighted by atomic mass is 9.98. The number of fused-ring (bicyclic) bond motifs is 2.